The van der Waals surface area contributed by atoms with Crippen molar-refractivity contribution < 1.29 is 0 Å². The molecule has 2 aliphatic heterocycles. The molecule has 0 spiro atoms. The molecule has 2 aliphatic rings. The smallest absolute Gasteiger partial charge is 0.151 e. The minimum absolute atomic E-state index is 0.792. The summed E-state index contributed by atoms with van der Waals surface area (Å²) in [4.78, 5) is 11.9. The van der Waals surface area contributed by atoms with Gasteiger partial charge in [-0.15, -0.1) is 0 Å². The van der Waals surface area contributed by atoms with Gasteiger partial charge in [-0.05, 0) is 57.6 Å². The van der Waals surface area contributed by atoms with Crippen LogP contribution in [0.2, 0.25) is 0 Å². The van der Waals surface area contributed by atoms with E-state index in [1.54, 1.807) is 0 Å². The Balaban J connectivity index is 1.39. The molecule has 2 fully saturated rings. The van der Waals surface area contributed by atoms with E-state index in [1.807, 2.05) is 18.3 Å². The Hall–Kier alpha value is -1.33. The maximum absolute atomic E-state index is 6.01. The number of hydrogen-bond donors (Lipinski definition) is 1. The predicted octanol–water partition coefficient (Wildman–Crippen LogP) is 1.27. The molecule has 2 N–H and O–H groups in total. The van der Waals surface area contributed by atoms with Crippen LogP contribution in [0.1, 0.15) is 19.3 Å². The standard InChI is InChI=1S/C16H27N5/c17-15-5-3-6-18-16(15)21-13-11-20(12-14-21)10-4-9-19-7-1-2-8-19/h3,5-6H,1-2,4,7-14,17H2. The molecular formula is C16H27N5. The van der Waals surface area contributed by atoms with Crippen molar-refractivity contribution in [2.45, 2.75) is 19.3 Å². The van der Waals surface area contributed by atoms with Gasteiger partial charge < -0.3 is 15.5 Å². The van der Waals surface area contributed by atoms with E-state index >= 15 is 0 Å². The third-order valence-electron chi connectivity index (χ3n) is 4.64. The number of anilines is 2. The van der Waals surface area contributed by atoms with Crippen molar-refractivity contribution in [2.24, 2.45) is 0 Å². The minimum atomic E-state index is 0.792. The predicted molar refractivity (Wildman–Crippen MR) is 87.6 cm³/mol. The normalized spacial score (nSPS) is 21.0. The Kier molecular flexibility index (Phi) is 4.93. The first-order chi connectivity index (χ1) is 10.3. The highest BCUT2D eigenvalue weighted by Gasteiger charge is 2.19. The van der Waals surface area contributed by atoms with Crippen LogP contribution >= 0.6 is 0 Å². The summed E-state index contributed by atoms with van der Waals surface area (Å²) in [7, 11) is 0. The zero-order valence-corrected chi connectivity index (χ0v) is 12.9. The minimum Gasteiger partial charge on any atom is -0.396 e. The van der Waals surface area contributed by atoms with E-state index in [0.29, 0.717) is 0 Å². The molecule has 0 saturated carbocycles. The van der Waals surface area contributed by atoms with Crippen molar-refractivity contribution in [3.63, 3.8) is 0 Å². The van der Waals surface area contributed by atoms with Gasteiger partial charge in [0.05, 0.1) is 5.69 Å². The first kappa shape index (κ1) is 14.6. The van der Waals surface area contributed by atoms with Crippen LogP contribution in [0.5, 0.6) is 0 Å². The molecule has 1 aromatic rings. The van der Waals surface area contributed by atoms with Crippen molar-refractivity contribution in [3.05, 3.63) is 18.3 Å². The van der Waals surface area contributed by atoms with E-state index in [9.17, 15) is 0 Å². The maximum atomic E-state index is 6.01. The van der Waals surface area contributed by atoms with Crippen molar-refractivity contribution in [3.8, 4) is 0 Å². The molecule has 0 unspecified atom stereocenters. The topological polar surface area (TPSA) is 48.6 Å². The van der Waals surface area contributed by atoms with Crippen LogP contribution in [0.3, 0.4) is 0 Å². The van der Waals surface area contributed by atoms with E-state index in [2.05, 4.69) is 19.7 Å². The van der Waals surface area contributed by atoms with Crippen molar-refractivity contribution in [1.82, 2.24) is 14.8 Å². The third kappa shape index (κ3) is 3.86. The molecule has 0 radical (unpaired) electrons. The number of piperazine rings is 1. The highest BCUT2D eigenvalue weighted by atomic mass is 15.3. The molecule has 0 bridgehead atoms. The Morgan fingerprint density at radius 2 is 1.62 bits per heavy atom. The highest BCUT2D eigenvalue weighted by molar-refractivity contribution is 5.62. The lowest BCUT2D eigenvalue weighted by Crippen LogP contribution is -2.47. The van der Waals surface area contributed by atoms with Gasteiger partial charge in [0.25, 0.3) is 0 Å². The zero-order chi connectivity index (χ0) is 14.5. The average molecular weight is 289 g/mol. The Morgan fingerprint density at radius 3 is 2.29 bits per heavy atom. The summed E-state index contributed by atoms with van der Waals surface area (Å²) >= 11 is 0. The largest absolute Gasteiger partial charge is 0.396 e. The summed E-state index contributed by atoms with van der Waals surface area (Å²) in [6, 6.07) is 3.83. The fourth-order valence-corrected chi connectivity index (χ4v) is 3.38. The lowest BCUT2D eigenvalue weighted by atomic mass is 10.2. The van der Waals surface area contributed by atoms with E-state index in [0.717, 1.165) is 37.7 Å². The molecule has 3 heterocycles. The van der Waals surface area contributed by atoms with E-state index in [4.69, 9.17) is 5.73 Å². The van der Waals surface area contributed by atoms with Crippen LogP contribution in [0.4, 0.5) is 11.5 Å². The summed E-state index contributed by atoms with van der Waals surface area (Å²) < 4.78 is 0. The number of nitrogens with zero attached hydrogens (tertiary/aromatic N) is 4. The molecule has 0 amide bonds. The molecule has 2 saturated heterocycles. The molecule has 116 valence electrons. The number of nitrogen functional groups attached to an aromatic ring is 1. The molecule has 3 rings (SSSR count). The van der Waals surface area contributed by atoms with Gasteiger partial charge in [-0.2, -0.15) is 0 Å². The molecule has 5 nitrogen and oxygen atoms in total. The van der Waals surface area contributed by atoms with Gasteiger partial charge in [-0.3, -0.25) is 4.90 Å². The monoisotopic (exact) mass is 289 g/mol. The molecule has 0 atom stereocenters. The van der Waals surface area contributed by atoms with E-state index < -0.39 is 0 Å². The summed E-state index contributed by atoms with van der Waals surface area (Å²) in [6.07, 6.45) is 5.91. The lowest BCUT2D eigenvalue weighted by Gasteiger charge is -2.36. The second-order valence-electron chi connectivity index (χ2n) is 6.15. The van der Waals surface area contributed by atoms with Gasteiger partial charge in [0.15, 0.2) is 5.82 Å². The van der Waals surface area contributed by atoms with Gasteiger partial charge >= 0.3 is 0 Å². The van der Waals surface area contributed by atoms with Gasteiger partial charge in [0, 0.05) is 32.4 Å². The molecule has 21 heavy (non-hydrogen) atoms. The summed E-state index contributed by atoms with van der Waals surface area (Å²) in [5.41, 5.74) is 6.80. The van der Waals surface area contributed by atoms with Crippen LogP contribution in [-0.2, 0) is 0 Å². The number of aromatic nitrogens is 1. The fraction of sp³-hybridized carbons (Fsp3) is 0.688. The number of hydrogen-bond acceptors (Lipinski definition) is 5. The van der Waals surface area contributed by atoms with Crippen LogP contribution in [0.15, 0.2) is 18.3 Å². The summed E-state index contributed by atoms with van der Waals surface area (Å²) in [5.74, 6) is 0.953. The van der Waals surface area contributed by atoms with Crippen LogP contribution in [0, 0.1) is 0 Å². The van der Waals surface area contributed by atoms with E-state index in [1.165, 1.54) is 45.4 Å². The number of rotatable bonds is 5. The van der Waals surface area contributed by atoms with Gasteiger partial charge in [0.2, 0.25) is 0 Å². The number of likely N-dealkylation sites (tertiary alicyclic amines) is 1. The van der Waals surface area contributed by atoms with Crippen LogP contribution in [-0.4, -0.2) is 67.1 Å². The van der Waals surface area contributed by atoms with Crippen molar-refractivity contribution in [1.29, 1.82) is 0 Å². The fourth-order valence-electron chi connectivity index (χ4n) is 3.38. The lowest BCUT2D eigenvalue weighted by molar-refractivity contribution is 0.234. The summed E-state index contributed by atoms with van der Waals surface area (Å²) in [5, 5.41) is 0. The summed E-state index contributed by atoms with van der Waals surface area (Å²) in [6.45, 7) is 9.43. The quantitative estimate of drug-likeness (QED) is 0.884. The van der Waals surface area contributed by atoms with Crippen LogP contribution in [0.25, 0.3) is 0 Å². The van der Waals surface area contributed by atoms with Gasteiger partial charge in [-0.1, -0.05) is 0 Å². The Labute approximate surface area is 127 Å². The highest BCUT2D eigenvalue weighted by Crippen LogP contribution is 2.20. The Morgan fingerprint density at radius 1 is 0.952 bits per heavy atom. The first-order valence-electron chi connectivity index (χ1n) is 8.23. The Bertz CT molecular complexity index is 436. The molecular weight excluding hydrogens is 262 g/mol. The molecule has 0 aromatic carbocycles. The average Bonchev–Trinajstić information content (AvgIpc) is 3.02. The zero-order valence-electron chi connectivity index (χ0n) is 12.9. The van der Waals surface area contributed by atoms with Crippen molar-refractivity contribution >= 4 is 11.5 Å². The SMILES string of the molecule is Nc1cccnc1N1CCN(CCCN2CCCC2)CC1. The second kappa shape index (κ2) is 7.09. The molecule has 5 heteroatoms. The molecule has 0 aliphatic carbocycles. The van der Waals surface area contributed by atoms with Gasteiger partial charge in [0.1, 0.15) is 0 Å². The van der Waals surface area contributed by atoms with E-state index in [-0.39, 0.29) is 0 Å². The second-order valence-corrected chi connectivity index (χ2v) is 6.15. The maximum Gasteiger partial charge on any atom is 0.151 e. The number of nitrogens with two attached hydrogens (primary N) is 1. The third-order valence-corrected chi connectivity index (χ3v) is 4.64. The van der Waals surface area contributed by atoms with Crippen molar-refractivity contribution in [2.75, 3.05) is 63.0 Å². The van der Waals surface area contributed by atoms with Crippen LogP contribution < -0.4 is 10.6 Å². The number of pyridine rings is 1. The first-order valence-corrected chi connectivity index (χ1v) is 8.23. The molecule has 1 aromatic heterocycles. The van der Waals surface area contributed by atoms with Gasteiger partial charge in [-0.25, -0.2) is 4.98 Å².